The maximum Gasteiger partial charge on any atom is 0.227 e. The zero-order chi connectivity index (χ0) is 19.8. The zero-order valence-electron chi connectivity index (χ0n) is 18.0. The predicted octanol–water partition coefficient (Wildman–Crippen LogP) is 5.15. The number of fused-ring (bicyclic) bond motifs is 3. The number of hydrogen-bond acceptors (Lipinski definition) is 3. The number of hydrogen-bond donors (Lipinski definition) is 1. The first kappa shape index (κ1) is 19.4. The Morgan fingerprint density at radius 3 is 2.59 bits per heavy atom. The van der Waals surface area contributed by atoms with E-state index in [2.05, 4.69) is 40.2 Å². The molecule has 2 atom stereocenters. The molecule has 1 aromatic rings. The van der Waals surface area contributed by atoms with Crippen LogP contribution in [0.2, 0.25) is 0 Å². The number of carbonyl (C=O) groups is 1. The molecule has 2 saturated carbocycles. The van der Waals surface area contributed by atoms with Gasteiger partial charge in [0.05, 0.1) is 0 Å². The van der Waals surface area contributed by atoms with Crippen molar-refractivity contribution < 1.29 is 4.79 Å². The maximum absolute atomic E-state index is 12.7. The molecule has 2 aliphatic heterocycles. The minimum absolute atomic E-state index is 0.222. The van der Waals surface area contributed by atoms with Crippen molar-refractivity contribution in [2.45, 2.75) is 89.1 Å². The zero-order valence-corrected chi connectivity index (χ0v) is 18.0. The van der Waals surface area contributed by atoms with Crippen molar-refractivity contribution in [2.24, 2.45) is 5.92 Å². The van der Waals surface area contributed by atoms with Crippen molar-refractivity contribution in [1.82, 2.24) is 4.90 Å². The fraction of sp³-hybridized carbons (Fsp3) is 0.720. The quantitative estimate of drug-likeness (QED) is 0.749. The van der Waals surface area contributed by atoms with Gasteiger partial charge in [-0.25, -0.2) is 0 Å². The van der Waals surface area contributed by atoms with Gasteiger partial charge in [-0.05, 0) is 62.3 Å². The Kier molecular flexibility index (Phi) is 5.55. The van der Waals surface area contributed by atoms with Crippen LogP contribution in [0.3, 0.4) is 0 Å². The van der Waals surface area contributed by atoms with Crippen LogP contribution < -0.4 is 10.2 Å². The molecule has 2 unspecified atom stereocenters. The molecule has 158 valence electrons. The number of amides is 1. The van der Waals surface area contributed by atoms with Crippen LogP contribution in [0.5, 0.6) is 0 Å². The van der Waals surface area contributed by atoms with Crippen LogP contribution in [-0.2, 0) is 4.79 Å². The number of nitrogens with zero attached hydrogens (tertiary/aromatic N) is 2. The van der Waals surface area contributed by atoms with Gasteiger partial charge in [-0.1, -0.05) is 32.6 Å². The molecule has 0 spiro atoms. The van der Waals surface area contributed by atoms with Crippen molar-refractivity contribution in [2.75, 3.05) is 29.9 Å². The molecule has 1 amide bonds. The van der Waals surface area contributed by atoms with Gasteiger partial charge in [0, 0.05) is 54.9 Å². The highest BCUT2D eigenvalue weighted by Crippen LogP contribution is 2.46. The molecule has 3 fully saturated rings. The second-order valence-corrected chi connectivity index (χ2v) is 9.83. The van der Waals surface area contributed by atoms with E-state index in [1.54, 1.807) is 0 Å². The first-order valence-corrected chi connectivity index (χ1v) is 12.2. The van der Waals surface area contributed by atoms with Crippen molar-refractivity contribution in [3.05, 3.63) is 23.8 Å². The number of anilines is 2. The van der Waals surface area contributed by atoms with Crippen LogP contribution in [0.25, 0.3) is 0 Å². The summed E-state index contributed by atoms with van der Waals surface area (Å²) in [4.78, 5) is 18.1. The molecular weight excluding hydrogens is 358 g/mol. The normalized spacial score (nSPS) is 28.0. The first-order chi connectivity index (χ1) is 14.2. The van der Waals surface area contributed by atoms with Gasteiger partial charge >= 0.3 is 0 Å². The lowest BCUT2D eigenvalue weighted by Gasteiger charge is -2.41. The average Bonchev–Trinajstić information content (AvgIpc) is 3.50. The molecule has 4 nitrogen and oxygen atoms in total. The Bertz CT molecular complexity index is 736. The smallest absolute Gasteiger partial charge is 0.227 e. The van der Waals surface area contributed by atoms with E-state index in [9.17, 15) is 4.79 Å². The van der Waals surface area contributed by atoms with E-state index in [1.165, 1.54) is 75.7 Å². The summed E-state index contributed by atoms with van der Waals surface area (Å²) in [6.45, 7) is 5.89. The number of piperidine rings is 1. The number of benzene rings is 1. The van der Waals surface area contributed by atoms with Gasteiger partial charge in [0.15, 0.2) is 0 Å². The number of rotatable bonds is 5. The highest BCUT2D eigenvalue weighted by molar-refractivity contribution is 5.93. The second-order valence-electron chi connectivity index (χ2n) is 9.83. The molecule has 0 radical (unpaired) electrons. The SMILES string of the molecule is CCCN1c2ccc(NC(=O)C3CCCC3)cc2C2CN(C3CCCC3)CCC21. The number of likely N-dealkylation sites (tertiary alicyclic amines) is 1. The molecule has 29 heavy (non-hydrogen) atoms. The molecule has 4 heteroatoms. The van der Waals surface area contributed by atoms with E-state index in [-0.39, 0.29) is 11.8 Å². The fourth-order valence-corrected chi connectivity index (χ4v) is 6.57. The summed E-state index contributed by atoms with van der Waals surface area (Å²) in [5, 5.41) is 3.25. The third-order valence-electron chi connectivity index (χ3n) is 8.04. The highest BCUT2D eigenvalue weighted by atomic mass is 16.1. The third-order valence-corrected chi connectivity index (χ3v) is 8.04. The van der Waals surface area contributed by atoms with Crippen LogP contribution >= 0.6 is 0 Å². The molecule has 4 aliphatic rings. The van der Waals surface area contributed by atoms with Gasteiger partial charge in [0.1, 0.15) is 0 Å². The molecular formula is C25H37N3O. The van der Waals surface area contributed by atoms with E-state index in [0.717, 1.165) is 31.1 Å². The molecule has 1 aromatic carbocycles. The van der Waals surface area contributed by atoms with Crippen molar-refractivity contribution in [1.29, 1.82) is 0 Å². The molecule has 2 heterocycles. The van der Waals surface area contributed by atoms with Crippen LogP contribution in [0.15, 0.2) is 18.2 Å². The summed E-state index contributed by atoms with van der Waals surface area (Å²) in [5.41, 5.74) is 3.92. The molecule has 5 rings (SSSR count). The lowest BCUT2D eigenvalue weighted by atomic mass is 9.88. The van der Waals surface area contributed by atoms with Gasteiger partial charge in [0.2, 0.25) is 5.91 Å². The van der Waals surface area contributed by atoms with Gasteiger partial charge in [-0.2, -0.15) is 0 Å². The minimum Gasteiger partial charge on any atom is -0.368 e. The van der Waals surface area contributed by atoms with Crippen LogP contribution in [-0.4, -0.2) is 42.5 Å². The van der Waals surface area contributed by atoms with E-state index in [4.69, 9.17) is 0 Å². The highest BCUT2D eigenvalue weighted by Gasteiger charge is 2.43. The topological polar surface area (TPSA) is 35.6 Å². The van der Waals surface area contributed by atoms with Crippen molar-refractivity contribution in [3.8, 4) is 0 Å². The summed E-state index contributed by atoms with van der Waals surface area (Å²) in [6.07, 6.45) is 12.6. The van der Waals surface area contributed by atoms with Crippen molar-refractivity contribution >= 4 is 17.3 Å². The minimum atomic E-state index is 0.222. The summed E-state index contributed by atoms with van der Waals surface area (Å²) < 4.78 is 0. The first-order valence-electron chi connectivity index (χ1n) is 12.2. The molecule has 1 saturated heterocycles. The summed E-state index contributed by atoms with van der Waals surface area (Å²) in [5.74, 6) is 1.05. The van der Waals surface area contributed by atoms with E-state index in [0.29, 0.717) is 12.0 Å². The van der Waals surface area contributed by atoms with Gasteiger partial charge in [-0.15, -0.1) is 0 Å². The standard InChI is InChI=1S/C25H37N3O/c1-2-14-28-23-12-11-19(26-25(29)18-7-3-4-8-18)16-21(23)22-17-27(15-13-24(22)28)20-9-5-6-10-20/h11-12,16,18,20,22,24H,2-10,13-15,17H2,1H3,(H,26,29). The second kappa shape index (κ2) is 8.29. The largest absolute Gasteiger partial charge is 0.368 e. The Hall–Kier alpha value is -1.55. The lowest BCUT2D eigenvalue weighted by Crippen LogP contribution is -2.49. The molecule has 0 aromatic heterocycles. The van der Waals surface area contributed by atoms with E-state index >= 15 is 0 Å². The predicted molar refractivity (Wildman–Crippen MR) is 120 cm³/mol. The summed E-state index contributed by atoms with van der Waals surface area (Å²) in [6, 6.07) is 8.19. The van der Waals surface area contributed by atoms with Gasteiger partial charge < -0.3 is 10.2 Å². The number of carbonyl (C=O) groups excluding carboxylic acids is 1. The van der Waals surface area contributed by atoms with E-state index < -0.39 is 0 Å². The summed E-state index contributed by atoms with van der Waals surface area (Å²) in [7, 11) is 0. The average molecular weight is 396 g/mol. The van der Waals surface area contributed by atoms with E-state index in [1.807, 2.05) is 0 Å². The van der Waals surface area contributed by atoms with Gasteiger partial charge in [-0.3, -0.25) is 9.69 Å². The molecule has 1 N–H and O–H groups in total. The Balaban J connectivity index is 1.38. The lowest BCUT2D eigenvalue weighted by molar-refractivity contribution is -0.119. The summed E-state index contributed by atoms with van der Waals surface area (Å²) >= 11 is 0. The Labute approximate surface area is 176 Å². The maximum atomic E-state index is 12.7. The fourth-order valence-electron chi connectivity index (χ4n) is 6.57. The Morgan fingerprint density at radius 2 is 1.83 bits per heavy atom. The molecule has 0 bridgehead atoms. The van der Waals surface area contributed by atoms with Crippen LogP contribution in [0, 0.1) is 5.92 Å². The van der Waals surface area contributed by atoms with Crippen LogP contribution in [0.1, 0.15) is 82.6 Å². The third kappa shape index (κ3) is 3.69. The van der Waals surface area contributed by atoms with Crippen molar-refractivity contribution in [3.63, 3.8) is 0 Å². The van der Waals surface area contributed by atoms with Gasteiger partial charge in [0.25, 0.3) is 0 Å². The monoisotopic (exact) mass is 395 g/mol. The molecule has 2 aliphatic carbocycles. The Morgan fingerprint density at radius 1 is 1.07 bits per heavy atom. The van der Waals surface area contributed by atoms with Crippen LogP contribution in [0.4, 0.5) is 11.4 Å². The number of nitrogens with one attached hydrogen (secondary N) is 1.